The van der Waals surface area contributed by atoms with Gasteiger partial charge < -0.3 is 0 Å². The molecule has 2 aromatic rings. The molecule has 0 unspecified atom stereocenters. The van der Waals surface area contributed by atoms with Gasteiger partial charge in [0.05, 0.1) is 0 Å². The first kappa shape index (κ1) is 15.7. The first-order valence-corrected chi connectivity index (χ1v) is 8.24. The van der Waals surface area contributed by atoms with Crippen LogP contribution in [0.2, 0.25) is 0 Å². The number of hydrogen-bond acceptors (Lipinski definition) is 4. The van der Waals surface area contributed by atoms with Crippen molar-refractivity contribution in [3.63, 3.8) is 0 Å². The molecule has 1 heterocycles. The number of hydrogen-bond donors (Lipinski definition) is 1. The fourth-order valence-electron chi connectivity index (χ4n) is 2.35. The fourth-order valence-corrected chi connectivity index (χ4v) is 3.07. The number of sulfonamides is 1. The minimum absolute atomic E-state index is 0.119. The molecule has 7 heteroatoms. The highest BCUT2D eigenvalue weighted by Gasteiger charge is 2.33. The van der Waals surface area contributed by atoms with Crippen LogP contribution in [0.1, 0.15) is 45.1 Å². The lowest BCUT2D eigenvalue weighted by Crippen LogP contribution is -2.27. The maximum Gasteiger partial charge on any atom is 0.273 e. The molecule has 0 atom stereocenters. The smallest absolute Gasteiger partial charge is 0.273 e. The van der Waals surface area contributed by atoms with Crippen molar-refractivity contribution in [1.29, 1.82) is 0 Å². The lowest BCUT2D eigenvalue weighted by molar-refractivity contribution is 0.461. The monoisotopic (exact) mass is 308 g/mol. The van der Waals surface area contributed by atoms with E-state index in [0.717, 1.165) is 5.56 Å². The summed E-state index contributed by atoms with van der Waals surface area (Å²) in [6.07, 6.45) is 0. The van der Waals surface area contributed by atoms with Crippen LogP contribution in [0.4, 0.5) is 0 Å². The molecule has 0 amide bonds. The molecule has 2 rings (SSSR count). The average molecular weight is 308 g/mol. The standard InChI is InChI=1S/C14H20N4O2S/c1-10(2)18-12(16-17-13(18)21(15,19)20)14(3,4)11-8-6-5-7-9-11/h5-10H,1-4H3,(H2,15,19,20). The van der Waals surface area contributed by atoms with Crippen LogP contribution in [0.5, 0.6) is 0 Å². The van der Waals surface area contributed by atoms with Gasteiger partial charge in [-0.3, -0.25) is 4.57 Å². The second kappa shape index (κ2) is 5.23. The van der Waals surface area contributed by atoms with E-state index < -0.39 is 15.4 Å². The minimum atomic E-state index is -3.91. The molecule has 1 aromatic heterocycles. The summed E-state index contributed by atoms with van der Waals surface area (Å²) in [4.78, 5) is 0. The van der Waals surface area contributed by atoms with Gasteiger partial charge in [0.15, 0.2) is 0 Å². The van der Waals surface area contributed by atoms with E-state index in [1.54, 1.807) is 4.57 Å². The quantitative estimate of drug-likeness (QED) is 0.933. The zero-order valence-electron chi connectivity index (χ0n) is 12.6. The highest BCUT2D eigenvalue weighted by molar-refractivity contribution is 7.89. The summed E-state index contributed by atoms with van der Waals surface area (Å²) in [5, 5.41) is 12.9. The molecule has 0 saturated heterocycles. The Bertz CT molecular complexity index is 734. The molecule has 6 nitrogen and oxygen atoms in total. The Labute approximate surface area is 125 Å². The summed E-state index contributed by atoms with van der Waals surface area (Å²) in [6, 6.07) is 9.65. The highest BCUT2D eigenvalue weighted by Crippen LogP contribution is 2.32. The summed E-state index contributed by atoms with van der Waals surface area (Å²) >= 11 is 0. The van der Waals surface area contributed by atoms with Gasteiger partial charge in [-0.05, 0) is 33.3 Å². The largest absolute Gasteiger partial charge is 0.297 e. The van der Waals surface area contributed by atoms with Crippen molar-refractivity contribution in [2.24, 2.45) is 5.14 Å². The Morgan fingerprint density at radius 3 is 2.19 bits per heavy atom. The number of primary sulfonamides is 1. The summed E-state index contributed by atoms with van der Waals surface area (Å²) in [7, 11) is -3.91. The van der Waals surface area contributed by atoms with Gasteiger partial charge in [-0.1, -0.05) is 30.3 Å². The average Bonchev–Trinajstić information content (AvgIpc) is 2.85. The molecule has 21 heavy (non-hydrogen) atoms. The molecule has 0 aliphatic rings. The van der Waals surface area contributed by atoms with E-state index >= 15 is 0 Å². The normalized spacial score (nSPS) is 12.9. The number of nitrogens with zero attached hydrogens (tertiary/aromatic N) is 3. The third-order valence-corrected chi connectivity index (χ3v) is 4.28. The van der Waals surface area contributed by atoms with Crippen molar-refractivity contribution in [3.05, 3.63) is 41.7 Å². The van der Waals surface area contributed by atoms with Crippen LogP contribution in [0, 0.1) is 0 Å². The van der Waals surface area contributed by atoms with Crippen LogP contribution < -0.4 is 5.14 Å². The van der Waals surface area contributed by atoms with Crippen LogP contribution in [0.25, 0.3) is 0 Å². The van der Waals surface area contributed by atoms with E-state index in [0.29, 0.717) is 5.82 Å². The van der Waals surface area contributed by atoms with E-state index in [9.17, 15) is 8.42 Å². The number of aromatic nitrogens is 3. The van der Waals surface area contributed by atoms with Gasteiger partial charge in [0.2, 0.25) is 0 Å². The number of benzene rings is 1. The third kappa shape index (κ3) is 2.84. The lowest BCUT2D eigenvalue weighted by atomic mass is 9.83. The predicted molar refractivity (Wildman–Crippen MR) is 80.4 cm³/mol. The van der Waals surface area contributed by atoms with E-state index in [2.05, 4.69) is 10.2 Å². The molecule has 0 aliphatic heterocycles. The first-order valence-electron chi connectivity index (χ1n) is 6.69. The molecule has 0 saturated carbocycles. The van der Waals surface area contributed by atoms with Gasteiger partial charge in [-0.15, -0.1) is 10.2 Å². The summed E-state index contributed by atoms with van der Waals surface area (Å²) in [5.74, 6) is 0.577. The maximum atomic E-state index is 11.7. The molecule has 114 valence electrons. The first-order chi connectivity index (χ1) is 9.65. The molecular formula is C14H20N4O2S. The molecule has 0 bridgehead atoms. The van der Waals surface area contributed by atoms with Gasteiger partial charge in [0.1, 0.15) is 5.82 Å². The molecular weight excluding hydrogens is 288 g/mol. The Morgan fingerprint density at radius 2 is 1.71 bits per heavy atom. The Morgan fingerprint density at radius 1 is 1.14 bits per heavy atom. The SMILES string of the molecule is CC(C)n1c(C(C)(C)c2ccccc2)nnc1S(N)(=O)=O. The maximum absolute atomic E-state index is 11.7. The molecule has 0 aliphatic carbocycles. The second-order valence-electron chi connectivity index (χ2n) is 5.81. The molecule has 0 radical (unpaired) electrons. The molecule has 0 spiro atoms. The molecule has 2 N–H and O–H groups in total. The number of nitrogens with two attached hydrogens (primary N) is 1. The lowest BCUT2D eigenvalue weighted by Gasteiger charge is -2.26. The summed E-state index contributed by atoms with van der Waals surface area (Å²) < 4.78 is 25.0. The summed E-state index contributed by atoms with van der Waals surface area (Å²) in [6.45, 7) is 7.72. The van der Waals surface area contributed by atoms with Crippen LogP contribution >= 0.6 is 0 Å². The zero-order valence-corrected chi connectivity index (χ0v) is 13.4. The van der Waals surface area contributed by atoms with Gasteiger partial charge >= 0.3 is 0 Å². The van der Waals surface area contributed by atoms with Crippen molar-refractivity contribution in [3.8, 4) is 0 Å². The van der Waals surface area contributed by atoms with Gasteiger partial charge in [0.25, 0.3) is 15.2 Å². The van der Waals surface area contributed by atoms with Crippen molar-refractivity contribution >= 4 is 10.0 Å². The number of rotatable bonds is 4. The Kier molecular flexibility index (Phi) is 3.90. The predicted octanol–water partition coefficient (Wildman–Crippen LogP) is 1.83. The van der Waals surface area contributed by atoms with Crippen LogP contribution in [-0.2, 0) is 15.4 Å². The Balaban J connectivity index is 2.68. The van der Waals surface area contributed by atoms with Crippen LogP contribution in [0.15, 0.2) is 35.5 Å². The van der Waals surface area contributed by atoms with Crippen molar-refractivity contribution < 1.29 is 8.42 Å². The van der Waals surface area contributed by atoms with Gasteiger partial charge in [-0.2, -0.15) is 0 Å². The van der Waals surface area contributed by atoms with Crippen LogP contribution in [0.3, 0.4) is 0 Å². The summed E-state index contributed by atoms with van der Waals surface area (Å²) in [5.41, 5.74) is 0.543. The van der Waals surface area contributed by atoms with E-state index in [-0.39, 0.29) is 11.2 Å². The van der Waals surface area contributed by atoms with E-state index in [4.69, 9.17) is 5.14 Å². The van der Waals surface area contributed by atoms with Crippen LogP contribution in [-0.4, -0.2) is 23.2 Å². The third-order valence-electron chi connectivity index (χ3n) is 3.49. The fraction of sp³-hybridized carbons (Fsp3) is 0.429. The van der Waals surface area contributed by atoms with Crippen molar-refractivity contribution in [1.82, 2.24) is 14.8 Å². The van der Waals surface area contributed by atoms with Crippen molar-refractivity contribution in [2.45, 2.75) is 44.3 Å². The Hall–Kier alpha value is -1.73. The minimum Gasteiger partial charge on any atom is -0.297 e. The van der Waals surface area contributed by atoms with Gasteiger partial charge in [-0.25, -0.2) is 13.6 Å². The van der Waals surface area contributed by atoms with Crippen molar-refractivity contribution in [2.75, 3.05) is 0 Å². The highest BCUT2D eigenvalue weighted by atomic mass is 32.2. The second-order valence-corrected chi connectivity index (χ2v) is 7.26. The van der Waals surface area contributed by atoms with Gasteiger partial charge in [0, 0.05) is 11.5 Å². The molecule has 0 fully saturated rings. The van der Waals surface area contributed by atoms with E-state index in [1.807, 2.05) is 58.0 Å². The zero-order chi connectivity index (χ0) is 15.8. The molecule has 1 aromatic carbocycles. The van der Waals surface area contributed by atoms with E-state index in [1.165, 1.54) is 0 Å². The topological polar surface area (TPSA) is 90.9 Å².